The average Bonchev–Trinajstić information content (AvgIpc) is 2.85. The first-order valence-electron chi connectivity index (χ1n) is 4.17. The molecule has 0 saturated heterocycles. The molecule has 1 saturated carbocycles. The Kier molecular flexibility index (Phi) is 2.18. The Bertz CT molecular complexity index is 281. The fourth-order valence-electron chi connectivity index (χ4n) is 1.34. The van der Waals surface area contributed by atoms with Gasteiger partial charge in [-0.2, -0.15) is 0 Å². The molecule has 0 spiro atoms. The molecule has 12 heavy (non-hydrogen) atoms. The molecule has 0 aliphatic heterocycles. The van der Waals surface area contributed by atoms with Crippen LogP contribution >= 0.6 is 15.9 Å². The van der Waals surface area contributed by atoms with Crippen LogP contribution in [-0.2, 0) is 0 Å². The normalized spacial score (nSPS) is 19.2. The van der Waals surface area contributed by atoms with Crippen molar-refractivity contribution >= 4 is 15.9 Å². The van der Waals surface area contributed by atoms with Gasteiger partial charge in [-0.3, -0.25) is 0 Å². The number of rotatable bonds is 2. The largest absolute Gasteiger partial charge is 0.242 e. The maximum Gasteiger partial charge on any atom is 0.128 e. The summed E-state index contributed by atoms with van der Waals surface area (Å²) in [5.41, 5.74) is 0.812. The standard InChI is InChI=1S/C10H10BrF/c11-9-3-1-2-8(6-9)10(12)7-4-5-7/h1-3,6-7,10H,4-5H2. The van der Waals surface area contributed by atoms with Crippen LogP contribution in [0.25, 0.3) is 0 Å². The maximum absolute atomic E-state index is 13.5. The van der Waals surface area contributed by atoms with E-state index < -0.39 is 6.17 Å². The minimum absolute atomic E-state index is 0.291. The van der Waals surface area contributed by atoms with Crippen molar-refractivity contribution in [2.24, 2.45) is 5.92 Å². The second-order valence-electron chi connectivity index (χ2n) is 3.29. The van der Waals surface area contributed by atoms with E-state index >= 15 is 0 Å². The highest BCUT2D eigenvalue weighted by atomic mass is 79.9. The van der Waals surface area contributed by atoms with Crippen molar-refractivity contribution in [3.05, 3.63) is 34.3 Å². The average molecular weight is 229 g/mol. The molecule has 1 fully saturated rings. The van der Waals surface area contributed by atoms with E-state index in [2.05, 4.69) is 15.9 Å². The van der Waals surface area contributed by atoms with Crippen molar-refractivity contribution in [3.8, 4) is 0 Å². The quantitative estimate of drug-likeness (QED) is 0.722. The van der Waals surface area contributed by atoms with Crippen LogP contribution in [-0.4, -0.2) is 0 Å². The third kappa shape index (κ3) is 1.69. The van der Waals surface area contributed by atoms with Crippen molar-refractivity contribution < 1.29 is 4.39 Å². The molecule has 2 heteroatoms. The smallest absolute Gasteiger partial charge is 0.128 e. The van der Waals surface area contributed by atoms with E-state index in [4.69, 9.17) is 0 Å². The lowest BCUT2D eigenvalue weighted by atomic mass is 10.1. The van der Waals surface area contributed by atoms with E-state index in [9.17, 15) is 4.39 Å². The van der Waals surface area contributed by atoms with Crippen LogP contribution in [0, 0.1) is 5.92 Å². The molecule has 1 aromatic rings. The van der Waals surface area contributed by atoms with Crippen LogP contribution < -0.4 is 0 Å². The van der Waals surface area contributed by atoms with Gasteiger partial charge in [0.15, 0.2) is 0 Å². The minimum atomic E-state index is -0.748. The molecule has 0 amide bonds. The highest BCUT2D eigenvalue weighted by Gasteiger charge is 2.32. The van der Waals surface area contributed by atoms with Crippen molar-refractivity contribution in [2.75, 3.05) is 0 Å². The summed E-state index contributed by atoms with van der Waals surface area (Å²) in [5.74, 6) is 0.291. The molecular formula is C10H10BrF. The second-order valence-corrected chi connectivity index (χ2v) is 4.21. The van der Waals surface area contributed by atoms with Gasteiger partial charge in [-0.15, -0.1) is 0 Å². The topological polar surface area (TPSA) is 0 Å². The van der Waals surface area contributed by atoms with E-state index in [0.717, 1.165) is 22.9 Å². The number of hydrogen-bond donors (Lipinski definition) is 0. The van der Waals surface area contributed by atoms with E-state index in [-0.39, 0.29) is 0 Å². The van der Waals surface area contributed by atoms with Crippen LogP contribution in [0.4, 0.5) is 4.39 Å². The summed E-state index contributed by atoms with van der Waals surface area (Å²) in [7, 11) is 0. The third-order valence-electron chi connectivity index (χ3n) is 2.20. The molecule has 64 valence electrons. The maximum atomic E-state index is 13.5. The molecule has 1 aromatic carbocycles. The molecule has 1 unspecified atom stereocenters. The first-order chi connectivity index (χ1) is 5.77. The molecule has 1 aliphatic carbocycles. The Hall–Kier alpha value is -0.370. The molecule has 0 heterocycles. The molecule has 0 aromatic heterocycles. The summed E-state index contributed by atoms with van der Waals surface area (Å²) in [4.78, 5) is 0. The summed E-state index contributed by atoms with van der Waals surface area (Å²) in [6.45, 7) is 0. The van der Waals surface area contributed by atoms with Crippen molar-refractivity contribution in [2.45, 2.75) is 19.0 Å². The van der Waals surface area contributed by atoms with Crippen LogP contribution in [0.3, 0.4) is 0 Å². The molecular weight excluding hydrogens is 219 g/mol. The second kappa shape index (κ2) is 3.17. The number of alkyl halides is 1. The monoisotopic (exact) mass is 228 g/mol. The van der Waals surface area contributed by atoms with E-state index in [1.54, 1.807) is 0 Å². The van der Waals surface area contributed by atoms with Crippen LogP contribution in [0.5, 0.6) is 0 Å². The fraction of sp³-hybridized carbons (Fsp3) is 0.400. The number of hydrogen-bond acceptors (Lipinski definition) is 0. The molecule has 0 nitrogen and oxygen atoms in total. The Labute approximate surface area is 79.9 Å². The van der Waals surface area contributed by atoms with Gasteiger partial charge in [0.1, 0.15) is 6.17 Å². The van der Waals surface area contributed by atoms with E-state index in [1.807, 2.05) is 24.3 Å². The predicted octanol–water partition coefficient (Wildman–Crippen LogP) is 3.87. The van der Waals surface area contributed by atoms with Gasteiger partial charge in [-0.05, 0) is 36.5 Å². The minimum Gasteiger partial charge on any atom is -0.242 e. The molecule has 1 atom stereocenters. The number of benzene rings is 1. The zero-order chi connectivity index (χ0) is 8.55. The van der Waals surface area contributed by atoms with Gasteiger partial charge in [0.05, 0.1) is 0 Å². The van der Waals surface area contributed by atoms with Crippen molar-refractivity contribution in [3.63, 3.8) is 0 Å². The molecule has 2 rings (SSSR count). The number of halogens is 2. The van der Waals surface area contributed by atoms with Crippen LogP contribution in [0.1, 0.15) is 24.6 Å². The molecule has 0 radical (unpaired) electrons. The van der Waals surface area contributed by atoms with E-state index in [0.29, 0.717) is 5.92 Å². The highest BCUT2D eigenvalue weighted by Crippen LogP contribution is 2.43. The van der Waals surface area contributed by atoms with Crippen LogP contribution in [0.2, 0.25) is 0 Å². The van der Waals surface area contributed by atoms with Gasteiger partial charge in [-0.25, -0.2) is 4.39 Å². The lowest BCUT2D eigenvalue weighted by Crippen LogP contribution is -1.92. The highest BCUT2D eigenvalue weighted by molar-refractivity contribution is 9.10. The summed E-state index contributed by atoms with van der Waals surface area (Å²) in [6.07, 6.45) is 1.35. The Morgan fingerprint density at radius 1 is 1.42 bits per heavy atom. The van der Waals surface area contributed by atoms with Crippen LogP contribution in [0.15, 0.2) is 28.7 Å². The molecule has 1 aliphatic rings. The summed E-state index contributed by atoms with van der Waals surface area (Å²) in [5, 5.41) is 0. The van der Waals surface area contributed by atoms with Crippen molar-refractivity contribution in [1.82, 2.24) is 0 Å². The first kappa shape index (κ1) is 8.24. The van der Waals surface area contributed by atoms with Crippen molar-refractivity contribution in [1.29, 1.82) is 0 Å². The third-order valence-corrected chi connectivity index (χ3v) is 2.70. The summed E-state index contributed by atoms with van der Waals surface area (Å²) in [6, 6.07) is 7.52. The summed E-state index contributed by atoms with van der Waals surface area (Å²) >= 11 is 3.33. The lowest BCUT2D eigenvalue weighted by Gasteiger charge is -2.06. The summed E-state index contributed by atoms with van der Waals surface area (Å²) < 4.78 is 14.4. The zero-order valence-electron chi connectivity index (χ0n) is 6.63. The van der Waals surface area contributed by atoms with E-state index in [1.165, 1.54) is 0 Å². The molecule has 0 bridgehead atoms. The Balaban J connectivity index is 2.20. The Morgan fingerprint density at radius 3 is 2.75 bits per heavy atom. The van der Waals surface area contributed by atoms with Gasteiger partial charge in [-0.1, -0.05) is 28.1 Å². The molecule has 0 N–H and O–H groups in total. The predicted molar refractivity (Wildman–Crippen MR) is 50.7 cm³/mol. The lowest BCUT2D eigenvalue weighted by molar-refractivity contribution is 0.305. The van der Waals surface area contributed by atoms with Gasteiger partial charge in [0.2, 0.25) is 0 Å². The SMILES string of the molecule is FC(c1cccc(Br)c1)C1CC1. The zero-order valence-corrected chi connectivity index (χ0v) is 8.22. The van der Waals surface area contributed by atoms with Gasteiger partial charge >= 0.3 is 0 Å². The van der Waals surface area contributed by atoms with Gasteiger partial charge < -0.3 is 0 Å². The first-order valence-corrected chi connectivity index (χ1v) is 4.96. The van der Waals surface area contributed by atoms with Gasteiger partial charge in [0.25, 0.3) is 0 Å². The fourth-order valence-corrected chi connectivity index (χ4v) is 1.76. The van der Waals surface area contributed by atoms with Gasteiger partial charge in [0, 0.05) is 4.47 Å². The Morgan fingerprint density at radius 2 is 2.17 bits per heavy atom.